The number of nitrogens with zero attached hydrogens (tertiary/aromatic N) is 3. The van der Waals surface area contributed by atoms with Crippen LogP contribution in [0.1, 0.15) is 0 Å². The summed E-state index contributed by atoms with van der Waals surface area (Å²) in [6.45, 7) is -0.539. The molecule has 1 rings (SSSR count). The summed E-state index contributed by atoms with van der Waals surface area (Å²) in [6, 6.07) is 0. The topological polar surface area (TPSA) is 139 Å². The number of aliphatic hydroxyl groups is 4. The molecule has 1 saturated heterocycles. The van der Waals surface area contributed by atoms with E-state index in [-0.39, 0.29) is 0 Å². The number of rotatable bonds is 2. The zero-order chi connectivity index (χ0) is 10.7. The van der Waals surface area contributed by atoms with Crippen molar-refractivity contribution in [1.82, 2.24) is 0 Å². The summed E-state index contributed by atoms with van der Waals surface area (Å²) in [5.74, 6) is 0. The molecule has 0 amide bonds. The molecule has 0 saturated carbocycles. The van der Waals surface area contributed by atoms with E-state index < -0.39 is 37.3 Å². The van der Waals surface area contributed by atoms with Gasteiger partial charge < -0.3 is 25.2 Å². The normalized spacial score (nSPS) is 43.0. The van der Waals surface area contributed by atoms with E-state index >= 15 is 0 Å². The maximum absolute atomic E-state index is 9.27. The third-order valence-electron chi connectivity index (χ3n) is 2.03. The van der Waals surface area contributed by atoms with Crippen LogP contribution in [0, 0.1) is 0 Å². The first-order chi connectivity index (χ1) is 6.61. The van der Waals surface area contributed by atoms with Gasteiger partial charge in [-0.05, 0) is 5.53 Å². The largest absolute Gasteiger partial charge is 0.394 e. The van der Waals surface area contributed by atoms with Gasteiger partial charge in [-0.3, -0.25) is 0 Å². The van der Waals surface area contributed by atoms with Gasteiger partial charge in [-0.15, -0.1) is 0 Å². The van der Waals surface area contributed by atoms with Gasteiger partial charge in [0.15, 0.2) is 6.23 Å². The second-order valence-electron chi connectivity index (χ2n) is 2.92. The molecule has 0 aromatic heterocycles. The summed E-state index contributed by atoms with van der Waals surface area (Å²) in [6.07, 6.45) is -6.76. The Morgan fingerprint density at radius 1 is 1.21 bits per heavy atom. The van der Waals surface area contributed by atoms with Crippen LogP contribution in [0.15, 0.2) is 5.11 Å². The molecule has 14 heavy (non-hydrogen) atoms. The highest BCUT2D eigenvalue weighted by Gasteiger charge is 2.42. The van der Waals surface area contributed by atoms with Crippen molar-refractivity contribution in [3.8, 4) is 0 Å². The molecule has 0 radical (unpaired) electrons. The van der Waals surface area contributed by atoms with Crippen LogP contribution in [0.5, 0.6) is 0 Å². The van der Waals surface area contributed by atoms with Crippen molar-refractivity contribution in [2.75, 3.05) is 6.61 Å². The molecule has 1 heterocycles. The molecule has 0 aromatic carbocycles. The quantitative estimate of drug-likeness (QED) is 0.237. The molecule has 5 atom stereocenters. The van der Waals surface area contributed by atoms with Crippen molar-refractivity contribution in [2.45, 2.75) is 30.6 Å². The van der Waals surface area contributed by atoms with Crippen LogP contribution in [-0.4, -0.2) is 57.7 Å². The molecular weight excluding hydrogens is 194 g/mol. The number of hydrogen-bond acceptors (Lipinski definition) is 6. The van der Waals surface area contributed by atoms with Crippen LogP contribution >= 0.6 is 0 Å². The molecule has 4 N–H and O–H groups in total. The molecular formula is C6H11N3O5. The van der Waals surface area contributed by atoms with Gasteiger partial charge in [0, 0.05) is 4.91 Å². The average Bonchev–Trinajstić information content (AvgIpc) is 2.19. The van der Waals surface area contributed by atoms with Crippen LogP contribution in [0.3, 0.4) is 0 Å². The first kappa shape index (κ1) is 11.2. The molecule has 0 bridgehead atoms. The first-order valence-electron chi connectivity index (χ1n) is 3.96. The number of azide groups is 1. The van der Waals surface area contributed by atoms with E-state index in [1.807, 2.05) is 0 Å². The van der Waals surface area contributed by atoms with E-state index in [4.69, 9.17) is 15.4 Å². The second-order valence-corrected chi connectivity index (χ2v) is 2.92. The smallest absolute Gasteiger partial charge is 0.165 e. The zero-order valence-corrected chi connectivity index (χ0v) is 7.13. The summed E-state index contributed by atoms with van der Waals surface area (Å²) in [7, 11) is 0. The van der Waals surface area contributed by atoms with Crippen molar-refractivity contribution < 1.29 is 25.2 Å². The monoisotopic (exact) mass is 205 g/mol. The zero-order valence-electron chi connectivity index (χ0n) is 7.13. The van der Waals surface area contributed by atoms with E-state index in [0.717, 1.165) is 0 Å². The van der Waals surface area contributed by atoms with Gasteiger partial charge in [0.1, 0.15) is 24.4 Å². The number of hydrogen-bond donors (Lipinski definition) is 4. The van der Waals surface area contributed by atoms with Crippen LogP contribution in [-0.2, 0) is 4.74 Å². The lowest BCUT2D eigenvalue weighted by atomic mass is 9.99. The predicted octanol–water partition coefficient (Wildman–Crippen LogP) is -1.90. The summed E-state index contributed by atoms with van der Waals surface area (Å²) in [5.41, 5.74) is 8.11. The Bertz CT molecular complexity index is 242. The Balaban J connectivity index is 2.77. The number of aliphatic hydroxyl groups excluding tert-OH is 4. The Kier molecular flexibility index (Phi) is 3.64. The van der Waals surface area contributed by atoms with E-state index in [1.165, 1.54) is 0 Å². The highest BCUT2D eigenvalue weighted by atomic mass is 16.6. The van der Waals surface area contributed by atoms with Gasteiger partial charge in [0.2, 0.25) is 0 Å². The average molecular weight is 205 g/mol. The van der Waals surface area contributed by atoms with Crippen molar-refractivity contribution in [3.05, 3.63) is 10.4 Å². The van der Waals surface area contributed by atoms with Crippen molar-refractivity contribution in [2.24, 2.45) is 5.11 Å². The lowest BCUT2D eigenvalue weighted by Crippen LogP contribution is -2.57. The van der Waals surface area contributed by atoms with Crippen molar-refractivity contribution in [3.63, 3.8) is 0 Å². The summed E-state index contributed by atoms with van der Waals surface area (Å²) in [4.78, 5) is 2.40. The van der Waals surface area contributed by atoms with Crippen LogP contribution < -0.4 is 0 Å². The van der Waals surface area contributed by atoms with E-state index in [0.29, 0.717) is 0 Å². The fourth-order valence-corrected chi connectivity index (χ4v) is 1.23. The van der Waals surface area contributed by atoms with E-state index in [9.17, 15) is 15.3 Å². The maximum Gasteiger partial charge on any atom is 0.165 e. The minimum Gasteiger partial charge on any atom is -0.394 e. The standard InChI is InChI=1S/C6H11N3O5/c7-9-8-6-5(13)4(12)3(11)2(1-10)14-6/h2-6,10-13H,1H2/t2-,3+,4+,5-,6?/m1/s1. The molecule has 1 aliphatic heterocycles. The fraction of sp³-hybridized carbons (Fsp3) is 1.00. The molecule has 8 nitrogen and oxygen atoms in total. The van der Waals surface area contributed by atoms with Crippen LogP contribution in [0.4, 0.5) is 0 Å². The van der Waals surface area contributed by atoms with Crippen LogP contribution in [0.25, 0.3) is 10.4 Å². The van der Waals surface area contributed by atoms with Crippen molar-refractivity contribution >= 4 is 0 Å². The maximum atomic E-state index is 9.27. The highest BCUT2D eigenvalue weighted by Crippen LogP contribution is 2.21. The first-order valence-corrected chi connectivity index (χ1v) is 3.96. The van der Waals surface area contributed by atoms with E-state index in [2.05, 4.69) is 10.0 Å². The molecule has 0 aliphatic carbocycles. The molecule has 0 spiro atoms. The van der Waals surface area contributed by atoms with Gasteiger partial charge in [-0.1, -0.05) is 5.11 Å². The third-order valence-corrected chi connectivity index (χ3v) is 2.03. The summed E-state index contributed by atoms with van der Waals surface area (Å²) < 4.78 is 4.84. The Morgan fingerprint density at radius 2 is 1.86 bits per heavy atom. The Morgan fingerprint density at radius 3 is 2.36 bits per heavy atom. The van der Waals surface area contributed by atoms with Gasteiger partial charge >= 0.3 is 0 Å². The van der Waals surface area contributed by atoms with Gasteiger partial charge in [0.25, 0.3) is 0 Å². The van der Waals surface area contributed by atoms with Gasteiger partial charge in [-0.25, -0.2) is 0 Å². The molecule has 8 heteroatoms. The predicted molar refractivity (Wildman–Crippen MR) is 42.9 cm³/mol. The minimum atomic E-state index is -1.50. The second kappa shape index (κ2) is 4.56. The van der Waals surface area contributed by atoms with E-state index in [1.54, 1.807) is 0 Å². The summed E-state index contributed by atoms with van der Waals surface area (Å²) in [5, 5.41) is 39.6. The van der Waals surface area contributed by atoms with Crippen LogP contribution in [0.2, 0.25) is 0 Å². The lowest BCUT2D eigenvalue weighted by molar-refractivity contribution is -0.227. The number of ether oxygens (including phenoxy) is 1. The highest BCUT2D eigenvalue weighted by molar-refractivity contribution is 4.90. The van der Waals surface area contributed by atoms with Gasteiger partial charge in [0.05, 0.1) is 6.61 Å². The Labute approximate surface area is 79.0 Å². The lowest BCUT2D eigenvalue weighted by Gasteiger charge is -2.37. The fourth-order valence-electron chi connectivity index (χ4n) is 1.23. The minimum absolute atomic E-state index is 0.539. The Hall–Kier alpha value is -0.890. The third kappa shape index (κ3) is 1.95. The summed E-state index contributed by atoms with van der Waals surface area (Å²) >= 11 is 0. The molecule has 1 aliphatic rings. The molecule has 0 aromatic rings. The van der Waals surface area contributed by atoms with Gasteiger partial charge in [-0.2, -0.15) is 0 Å². The molecule has 1 unspecified atom stereocenters. The molecule has 80 valence electrons. The SMILES string of the molecule is [N-]=[N+]=NC1O[C@H](CO)[C@H](O)[C@H](O)[C@H]1O. The van der Waals surface area contributed by atoms with Crippen molar-refractivity contribution in [1.29, 1.82) is 0 Å². The molecule has 1 fully saturated rings.